The monoisotopic (exact) mass is 292 g/mol. The van der Waals surface area contributed by atoms with Gasteiger partial charge in [0.05, 0.1) is 5.92 Å². The molecular weight excluding hydrogens is 276 g/mol. The molecular formula is C19H16O3. The van der Waals surface area contributed by atoms with Gasteiger partial charge in [-0.15, -0.1) is 0 Å². The lowest BCUT2D eigenvalue weighted by Crippen LogP contribution is -2.06. The highest BCUT2D eigenvalue weighted by atomic mass is 16.5. The van der Waals surface area contributed by atoms with Crippen molar-refractivity contribution in [3.8, 4) is 11.5 Å². The second-order valence-corrected chi connectivity index (χ2v) is 5.21. The second-order valence-electron chi connectivity index (χ2n) is 5.21. The standard InChI is InChI=1S/C19H16O3/c1-13(19(20)21)14-9-11-16(12-10-14)22-18-8-4-6-15-5-2-3-7-17(15)18/h2-13H,1H3,(H,20,21). The van der Waals surface area contributed by atoms with E-state index in [-0.39, 0.29) is 0 Å². The van der Waals surface area contributed by atoms with E-state index in [1.165, 1.54) is 0 Å². The summed E-state index contributed by atoms with van der Waals surface area (Å²) in [6, 6.07) is 21.1. The molecule has 110 valence electrons. The van der Waals surface area contributed by atoms with Gasteiger partial charge in [0.15, 0.2) is 0 Å². The first kappa shape index (κ1) is 14.1. The number of benzene rings is 3. The highest BCUT2D eigenvalue weighted by molar-refractivity contribution is 5.88. The fourth-order valence-corrected chi connectivity index (χ4v) is 2.38. The van der Waals surface area contributed by atoms with Crippen LogP contribution in [0.3, 0.4) is 0 Å². The molecule has 1 atom stereocenters. The van der Waals surface area contributed by atoms with E-state index >= 15 is 0 Å². The molecule has 22 heavy (non-hydrogen) atoms. The van der Waals surface area contributed by atoms with Gasteiger partial charge in [0, 0.05) is 5.39 Å². The first-order valence-corrected chi connectivity index (χ1v) is 7.13. The Labute approximate surface area is 128 Å². The number of hydrogen-bond acceptors (Lipinski definition) is 2. The third kappa shape index (κ3) is 2.79. The van der Waals surface area contributed by atoms with E-state index in [0.29, 0.717) is 5.75 Å². The fraction of sp³-hybridized carbons (Fsp3) is 0.105. The normalized spacial score (nSPS) is 12.0. The van der Waals surface area contributed by atoms with Gasteiger partial charge in [-0.2, -0.15) is 0 Å². The van der Waals surface area contributed by atoms with E-state index in [1.54, 1.807) is 31.2 Å². The summed E-state index contributed by atoms with van der Waals surface area (Å²) < 4.78 is 5.94. The molecule has 0 saturated carbocycles. The van der Waals surface area contributed by atoms with Crippen LogP contribution < -0.4 is 4.74 Å². The Morgan fingerprint density at radius 1 is 0.955 bits per heavy atom. The van der Waals surface area contributed by atoms with E-state index in [2.05, 4.69) is 0 Å². The minimum Gasteiger partial charge on any atom is -0.481 e. The molecule has 3 aromatic carbocycles. The van der Waals surface area contributed by atoms with Gasteiger partial charge in [0.25, 0.3) is 0 Å². The van der Waals surface area contributed by atoms with Crippen LogP contribution in [-0.2, 0) is 4.79 Å². The molecule has 3 aromatic rings. The van der Waals surface area contributed by atoms with Crippen molar-refractivity contribution in [3.05, 3.63) is 72.3 Å². The van der Waals surface area contributed by atoms with E-state index in [4.69, 9.17) is 9.84 Å². The zero-order valence-electron chi connectivity index (χ0n) is 12.2. The Balaban J connectivity index is 1.88. The van der Waals surface area contributed by atoms with Crippen molar-refractivity contribution >= 4 is 16.7 Å². The van der Waals surface area contributed by atoms with Crippen molar-refractivity contribution in [2.45, 2.75) is 12.8 Å². The SMILES string of the molecule is CC(C(=O)O)c1ccc(Oc2cccc3ccccc23)cc1. The molecule has 0 fully saturated rings. The Bertz CT molecular complexity index is 801. The second kappa shape index (κ2) is 5.90. The van der Waals surface area contributed by atoms with Gasteiger partial charge in [-0.05, 0) is 36.1 Å². The third-order valence-electron chi connectivity index (χ3n) is 3.73. The molecule has 0 saturated heterocycles. The van der Waals surface area contributed by atoms with Crippen LogP contribution in [0.15, 0.2) is 66.7 Å². The summed E-state index contributed by atoms with van der Waals surface area (Å²) in [5, 5.41) is 11.2. The molecule has 3 nitrogen and oxygen atoms in total. The maximum Gasteiger partial charge on any atom is 0.310 e. The number of hydrogen-bond donors (Lipinski definition) is 1. The van der Waals surface area contributed by atoms with Crippen molar-refractivity contribution in [2.24, 2.45) is 0 Å². The van der Waals surface area contributed by atoms with Crippen LogP contribution in [0.25, 0.3) is 10.8 Å². The minimum absolute atomic E-state index is 0.522. The van der Waals surface area contributed by atoms with Crippen LogP contribution in [0.4, 0.5) is 0 Å². The Morgan fingerprint density at radius 3 is 2.36 bits per heavy atom. The van der Waals surface area contributed by atoms with E-state index in [9.17, 15) is 4.79 Å². The van der Waals surface area contributed by atoms with Crippen LogP contribution >= 0.6 is 0 Å². The number of carboxylic acids is 1. The lowest BCUT2D eigenvalue weighted by atomic mass is 10.0. The van der Waals surface area contributed by atoms with Crippen molar-refractivity contribution in [2.75, 3.05) is 0 Å². The lowest BCUT2D eigenvalue weighted by Gasteiger charge is -2.11. The van der Waals surface area contributed by atoms with Gasteiger partial charge in [0.1, 0.15) is 11.5 Å². The van der Waals surface area contributed by atoms with Gasteiger partial charge < -0.3 is 9.84 Å². The Hall–Kier alpha value is -2.81. The molecule has 0 spiro atoms. The Kier molecular flexibility index (Phi) is 3.79. The summed E-state index contributed by atoms with van der Waals surface area (Å²) in [5.41, 5.74) is 0.762. The predicted molar refractivity (Wildman–Crippen MR) is 86.5 cm³/mol. The predicted octanol–water partition coefficient (Wildman–Crippen LogP) is 4.82. The van der Waals surface area contributed by atoms with Crippen LogP contribution in [0.5, 0.6) is 11.5 Å². The van der Waals surface area contributed by atoms with Gasteiger partial charge in [0.2, 0.25) is 0 Å². The highest BCUT2D eigenvalue weighted by Crippen LogP contribution is 2.30. The Morgan fingerprint density at radius 2 is 1.64 bits per heavy atom. The first-order valence-electron chi connectivity index (χ1n) is 7.13. The van der Waals surface area contributed by atoms with Crippen molar-refractivity contribution in [1.82, 2.24) is 0 Å². The summed E-state index contributed by atoms with van der Waals surface area (Å²) in [6.45, 7) is 1.67. The zero-order valence-corrected chi connectivity index (χ0v) is 12.2. The van der Waals surface area contributed by atoms with E-state index in [0.717, 1.165) is 22.1 Å². The van der Waals surface area contributed by atoms with E-state index < -0.39 is 11.9 Å². The number of aliphatic carboxylic acids is 1. The molecule has 1 N–H and O–H groups in total. The number of carbonyl (C=O) groups is 1. The lowest BCUT2D eigenvalue weighted by molar-refractivity contribution is -0.138. The molecule has 0 amide bonds. The summed E-state index contributed by atoms with van der Waals surface area (Å²) in [5.74, 6) is 0.129. The van der Waals surface area contributed by atoms with Crippen LogP contribution in [0, 0.1) is 0 Å². The summed E-state index contributed by atoms with van der Waals surface area (Å²) in [6.07, 6.45) is 0. The molecule has 0 aromatic heterocycles. The summed E-state index contributed by atoms with van der Waals surface area (Å²) in [4.78, 5) is 11.0. The molecule has 0 aliphatic rings. The molecule has 0 bridgehead atoms. The van der Waals surface area contributed by atoms with E-state index in [1.807, 2.05) is 42.5 Å². The smallest absolute Gasteiger partial charge is 0.310 e. The number of rotatable bonds is 4. The largest absolute Gasteiger partial charge is 0.481 e. The van der Waals surface area contributed by atoms with Crippen LogP contribution in [0.1, 0.15) is 18.4 Å². The maximum absolute atomic E-state index is 11.0. The average molecular weight is 292 g/mol. The molecule has 1 unspecified atom stereocenters. The molecule has 3 rings (SSSR count). The van der Waals surface area contributed by atoms with Gasteiger partial charge in [-0.25, -0.2) is 0 Å². The van der Waals surface area contributed by atoms with Crippen LogP contribution in [-0.4, -0.2) is 11.1 Å². The fourth-order valence-electron chi connectivity index (χ4n) is 2.38. The molecule has 3 heteroatoms. The van der Waals surface area contributed by atoms with Gasteiger partial charge >= 0.3 is 5.97 Å². The quantitative estimate of drug-likeness (QED) is 0.750. The first-order chi connectivity index (χ1) is 10.6. The summed E-state index contributed by atoms with van der Waals surface area (Å²) >= 11 is 0. The third-order valence-corrected chi connectivity index (χ3v) is 3.73. The molecule has 0 aliphatic heterocycles. The number of ether oxygens (including phenoxy) is 1. The van der Waals surface area contributed by atoms with Crippen molar-refractivity contribution < 1.29 is 14.6 Å². The number of carboxylic acid groups (broad SMARTS) is 1. The molecule has 0 radical (unpaired) electrons. The topological polar surface area (TPSA) is 46.5 Å². The number of fused-ring (bicyclic) bond motifs is 1. The zero-order chi connectivity index (χ0) is 15.5. The van der Waals surface area contributed by atoms with Crippen LogP contribution in [0.2, 0.25) is 0 Å². The van der Waals surface area contributed by atoms with Crippen molar-refractivity contribution in [1.29, 1.82) is 0 Å². The van der Waals surface area contributed by atoms with Gasteiger partial charge in [-0.1, -0.05) is 48.5 Å². The molecule has 0 aliphatic carbocycles. The van der Waals surface area contributed by atoms with Gasteiger partial charge in [-0.3, -0.25) is 4.79 Å². The average Bonchev–Trinajstić information content (AvgIpc) is 2.55. The highest BCUT2D eigenvalue weighted by Gasteiger charge is 2.13. The summed E-state index contributed by atoms with van der Waals surface area (Å²) in [7, 11) is 0. The molecule has 0 heterocycles. The minimum atomic E-state index is -0.831. The maximum atomic E-state index is 11.0. The van der Waals surface area contributed by atoms with Crippen molar-refractivity contribution in [3.63, 3.8) is 0 Å².